The van der Waals surface area contributed by atoms with Crippen LogP contribution in [-0.4, -0.2) is 47.8 Å². The molecule has 2 aliphatic rings. The van der Waals surface area contributed by atoms with Gasteiger partial charge in [0, 0.05) is 37.0 Å². The van der Waals surface area contributed by atoms with E-state index in [1.807, 2.05) is 4.90 Å². The summed E-state index contributed by atoms with van der Waals surface area (Å²) in [6.07, 6.45) is 0.367. The Labute approximate surface area is 170 Å². The first kappa shape index (κ1) is 21.2. The van der Waals surface area contributed by atoms with Crippen molar-refractivity contribution in [1.29, 1.82) is 0 Å². The summed E-state index contributed by atoms with van der Waals surface area (Å²) in [7, 11) is -3.91. The van der Waals surface area contributed by atoms with Crippen molar-refractivity contribution < 1.29 is 30.7 Å². The van der Waals surface area contributed by atoms with Crippen LogP contribution in [0.1, 0.15) is 36.0 Å². The second-order valence-corrected chi connectivity index (χ2v) is 9.50. The van der Waals surface area contributed by atoms with Crippen molar-refractivity contribution in [2.45, 2.75) is 49.4 Å². The number of halogens is 4. The maximum Gasteiger partial charge on any atom is 0.320 e. The topological polar surface area (TPSA) is 90.5 Å². The monoisotopic (exact) mass is 448 g/mol. The van der Waals surface area contributed by atoms with Gasteiger partial charge in [0.2, 0.25) is 15.0 Å². The summed E-state index contributed by atoms with van der Waals surface area (Å²) in [6, 6.07) is 2.16. The minimum atomic E-state index is -3.91. The number of aromatic nitrogens is 2. The van der Waals surface area contributed by atoms with E-state index in [4.69, 9.17) is 10.5 Å². The van der Waals surface area contributed by atoms with Crippen LogP contribution in [0.25, 0.3) is 0 Å². The lowest BCUT2D eigenvalue weighted by molar-refractivity contribution is -0.0541. The first-order chi connectivity index (χ1) is 14.1. The standard InChI is InChI=1S/C18H20F4N4O3S/c1-30(27,28)18-24-14-6-25(7-15(14)26(18)17(21)22)10-5-13(23)16(29-8-10)11-4-9(19)2-3-12(11)20/h2-4,10,13,16-17H,5-8,23H2,1H3/t10-,13+,16-/m1/s1. The van der Waals surface area contributed by atoms with Crippen molar-refractivity contribution in [3.05, 3.63) is 46.8 Å². The highest BCUT2D eigenvalue weighted by molar-refractivity contribution is 7.90. The van der Waals surface area contributed by atoms with Crippen LogP contribution in [0.5, 0.6) is 0 Å². The predicted molar refractivity (Wildman–Crippen MR) is 97.3 cm³/mol. The van der Waals surface area contributed by atoms with E-state index >= 15 is 0 Å². The van der Waals surface area contributed by atoms with Crippen molar-refractivity contribution in [3.8, 4) is 0 Å². The Morgan fingerprint density at radius 2 is 2.00 bits per heavy atom. The number of hydrogen-bond acceptors (Lipinski definition) is 6. The molecular formula is C18H20F4N4O3S. The van der Waals surface area contributed by atoms with Crippen LogP contribution >= 0.6 is 0 Å². The molecule has 12 heteroatoms. The van der Waals surface area contributed by atoms with Crippen molar-refractivity contribution in [1.82, 2.24) is 14.5 Å². The smallest absolute Gasteiger partial charge is 0.320 e. The molecule has 0 radical (unpaired) electrons. The third-order valence-corrected chi connectivity index (χ3v) is 6.43. The molecule has 2 aromatic rings. The summed E-state index contributed by atoms with van der Waals surface area (Å²) in [5, 5.41) is -0.652. The molecule has 2 N–H and O–H groups in total. The molecule has 1 aromatic carbocycles. The Kier molecular flexibility index (Phi) is 5.37. The average Bonchev–Trinajstić information content (AvgIpc) is 3.21. The number of nitrogens with zero attached hydrogens (tertiary/aromatic N) is 3. The third kappa shape index (κ3) is 3.72. The van der Waals surface area contributed by atoms with Crippen molar-refractivity contribution in [2.24, 2.45) is 5.73 Å². The van der Waals surface area contributed by atoms with E-state index in [-0.39, 0.29) is 42.7 Å². The summed E-state index contributed by atoms with van der Waals surface area (Å²) in [5.74, 6) is -1.22. The zero-order chi connectivity index (χ0) is 21.8. The van der Waals surface area contributed by atoms with Gasteiger partial charge in [0.05, 0.1) is 18.0 Å². The van der Waals surface area contributed by atoms with Gasteiger partial charge in [-0.2, -0.15) is 8.78 Å². The molecule has 0 spiro atoms. The largest absolute Gasteiger partial charge is 0.370 e. The molecule has 4 rings (SSSR count). The normalized spacial score (nSPS) is 25.1. The number of imidazole rings is 1. The second kappa shape index (κ2) is 7.59. The summed E-state index contributed by atoms with van der Waals surface area (Å²) in [5.41, 5.74) is 6.61. The number of sulfone groups is 1. The summed E-state index contributed by atoms with van der Waals surface area (Å²) in [4.78, 5) is 5.74. The lowest BCUT2D eigenvalue weighted by Gasteiger charge is -2.38. The second-order valence-electron chi connectivity index (χ2n) is 7.59. The van der Waals surface area contributed by atoms with E-state index in [1.165, 1.54) is 0 Å². The van der Waals surface area contributed by atoms with E-state index in [1.54, 1.807) is 0 Å². The Morgan fingerprint density at radius 3 is 2.63 bits per heavy atom. The van der Waals surface area contributed by atoms with Gasteiger partial charge in [0.25, 0.3) is 0 Å². The number of rotatable bonds is 4. The minimum absolute atomic E-state index is 0.0364. The molecule has 3 heterocycles. The highest BCUT2D eigenvalue weighted by Gasteiger charge is 2.39. The maximum atomic E-state index is 14.1. The molecular weight excluding hydrogens is 428 g/mol. The van der Waals surface area contributed by atoms with Crippen LogP contribution in [0.15, 0.2) is 23.4 Å². The van der Waals surface area contributed by atoms with E-state index in [0.29, 0.717) is 11.0 Å². The lowest BCUT2D eigenvalue weighted by Crippen LogP contribution is -2.48. The van der Waals surface area contributed by atoms with Gasteiger partial charge in [-0.05, 0) is 24.6 Å². The molecule has 1 fully saturated rings. The summed E-state index contributed by atoms with van der Waals surface area (Å²) < 4.78 is 84.4. The molecule has 0 saturated carbocycles. The van der Waals surface area contributed by atoms with Crippen molar-refractivity contribution >= 4 is 9.84 Å². The van der Waals surface area contributed by atoms with Gasteiger partial charge in [-0.3, -0.25) is 9.47 Å². The Bertz CT molecular complexity index is 1080. The highest BCUT2D eigenvalue weighted by Crippen LogP contribution is 2.36. The zero-order valence-electron chi connectivity index (χ0n) is 15.9. The minimum Gasteiger partial charge on any atom is -0.370 e. The van der Waals surface area contributed by atoms with Gasteiger partial charge in [0.15, 0.2) is 0 Å². The maximum absolute atomic E-state index is 14.1. The highest BCUT2D eigenvalue weighted by atomic mass is 32.2. The van der Waals surface area contributed by atoms with Crippen LogP contribution in [0, 0.1) is 11.6 Å². The molecule has 30 heavy (non-hydrogen) atoms. The van der Waals surface area contributed by atoms with E-state index in [0.717, 1.165) is 24.5 Å². The van der Waals surface area contributed by atoms with Gasteiger partial charge in [-0.25, -0.2) is 22.2 Å². The summed E-state index contributed by atoms with van der Waals surface area (Å²) >= 11 is 0. The molecule has 164 valence electrons. The predicted octanol–water partition coefficient (Wildman–Crippen LogP) is 2.13. The van der Waals surface area contributed by atoms with Crippen LogP contribution in [-0.2, 0) is 27.7 Å². The van der Waals surface area contributed by atoms with Gasteiger partial charge in [-0.1, -0.05) is 0 Å². The SMILES string of the molecule is CS(=O)(=O)c1nc2c(n1C(F)F)CN([C@H]1CO[C@H](c3cc(F)ccc3F)[C@@H](N)C1)C2. The number of nitrogens with two attached hydrogens (primary N) is 1. The van der Waals surface area contributed by atoms with Crippen molar-refractivity contribution in [3.63, 3.8) is 0 Å². The third-order valence-electron chi connectivity index (χ3n) is 5.48. The number of fused-ring (bicyclic) bond motifs is 1. The van der Waals surface area contributed by atoms with Gasteiger partial charge in [-0.15, -0.1) is 0 Å². The number of hydrogen-bond donors (Lipinski definition) is 1. The van der Waals surface area contributed by atoms with Crippen LogP contribution in [0.4, 0.5) is 17.6 Å². The molecule has 7 nitrogen and oxygen atoms in total. The fourth-order valence-corrected chi connectivity index (χ4v) is 4.92. The Balaban J connectivity index is 1.51. The van der Waals surface area contributed by atoms with E-state index < -0.39 is 45.3 Å². The Morgan fingerprint density at radius 1 is 1.27 bits per heavy atom. The van der Waals surface area contributed by atoms with Crippen LogP contribution in [0.3, 0.4) is 0 Å². The lowest BCUT2D eigenvalue weighted by atomic mass is 9.93. The first-order valence-corrected chi connectivity index (χ1v) is 11.1. The molecule has 3 atom stereocenters. The Hall–Kier alpha value is -2.02. The summed E-state index contributed by atoms with van der Waals surface area (Å²) in [6.45, 7) is -2.69. The fourth-order valence-electron chi connectivity index (χ4n) is 4.10. The fraction of sp³-hybridized carbons (Fsp3) is 0.500. The number of ether oxygens (including phenoxy) is 1. The van der Waals surface area contributed by atoms with Crippen LogP contribution < -0.4 is 5.73 Å². The number of benzene rings is 1. The number of alkyl halides is 2. The molecule has 0 bridgehead atoms. The van der Waals surface area contributed by atoms with E-state index in [9.17, 15) is 26.0 Å². The first-order valence-electron chi connectivity index (χ1n) is 9.20. The quantitative estimate of drug-likeness (QED) is 0.721. The van der Waals surface area contributed by atoms with Gasteiger partial charge in [0.1, 0.15) is 17.7 Å². The van der Waals surface area contributed by atoms with Crippen molar-refractivity contribution in [2.75, 3.05) is 12.9 Å². The molecule has 1 saturated heterocycles. The molecule has 2 aliphatic heterocycles. The molecule has 0 aliphatic carbocycles. The average molecular weight is 448 g/mol. The van der Waals surface area contributed by atoms with Gasteiger partial charge < -0.3 is 10.5 Å². The molecule has 0 unspecified atom stereocenters. The zero-order valence-corrected chi connectivity index (χ0v) is 16.8. The van der Waals surface area contributed by atoms with E-state index in [2.05, 4.69) is 4.98 Å². The molecule has 0 amide bonds. The van der Waals surface area contributed by atoms with Gasteiger partial charge >= 0.3 is 6.55 Å². The van der Waals surface area contributed by atoms with Crippen LogP contribution in [0.2, 0.25) is 0 Å². The molecule has 1 aromatic heterocycles.